The first-order chi connectivity index (χ1) is 11.1. The molecule has 4 heteroatoms. The second kappa shape index (κ2) is 5.68. The summed E-state index contributed by atoms with van der Waals surface area (Å²) in [5.41, 5.74) is 2.56. The molecule has 1 N–H and O–H groups in total. The van der Waals surface area contributed by atoms with E-state index in [1.807, 2.05) is 18.3 Å². The number of nitrogens with zero attached hydrogens (tertiary/aromatic N) is 3. The van der Waals surface area contributed by atoms with Crippen molar-refractivity contribution < 1.29 is 5.11 Å². The predicted molar refractivity (Wildman–Crippen MR) is 94.2 cm³/mol. The van der Waals surface area contributed by atoms with Gasteiger partial charge in [-0.3, -0.25) is 0 Å². The Morgan fingerprint density at radius 1 is 1.17 bits per heavy atom. The van der Waals surface area contributed by atoms with Crippen LogP contribution in [0.2, 0.25) is 0 Å². The first-order valence-corrected chi connectivity index (χ1v) is 8.68. The average molecular weight is 311 g/mol. The van der Waals surface area contributed by atoms with Gasteiger partial charge in [0, 0.05) is 41.3 Å². The minimum atomic E-state index is 0.156. The second-order valence-corrected chi connectivity index (χ2v) is 7.18. The van der Waals surface area contributed by atoms with Gasteiger partial charge in [0.1, 0.15) is 0 Å². The van der Waals surface area contributed by atoms with Crippen molar-refractivity contribution in [3.63, 3.8) is 0 Å². The van der Waals surface area contributed by atoms with Crippen LogP contribution in [0.3, 0.4) is 0 Å². The number of hydrogen-bond acceptors (Lipinski definition) is 4. The normalized spacial score (nSPS) is 24.4. The van der Waals surface area contributed by atoms with Crippen LogP contribution in [-0.2, 0) is 6.42 Å². The van der Waals surface area contributed by atoms with Crippen molar-refractivity contribution in [2.45, 2.75) is 44.2 Å². The van der Waals surface area contributed by atoms with E-state index < -0.39 is 0 Å². The molecule has 0 unspecified atom stereocenters. The summed E-state index contributed by atoms with van der Waals surface area (Å²) < 4.78 is 0. The van der Waals surface area contributed by atoms with Crippen LogP contribution in [0.4, 0.5) is 5.69 Å². The lowest BCUT2D eigenvalue weighted by molar-refractivity contribution is 0.213. The summed E-state index contributed by atoms with van der Waals surface area (Å²) in [5.74, 6) is 0.156. The zero-order valence-corrected chi connectivity index (χ0v) is 14.0. The van der Waals surface area contributed by atoms with Crippen molar-refractivity contribution in [3.05, 3.63) is 30.0 Å². The lowest BCUT2D eigenvalue weighted by Gasteiger charge is -2.42. The molecule has 0 saturated heterocycles. The third-order valence-corrected chi connectivity index (χ3v) is 5.72. The zero-order chi connectivity index (χ0) is 16.0. The van der Waals surface area contributed by atoms with Gasteiger partial charge in [-0.05, 0) is 63.9 Å². The Hall–Kier alpha value is -1.81. The molecular formula is C19H25N3O. The van der Waals surface area contributed by atoms with Crippen molar-refractivity contribution in [3.8, 4) is 5.88 Å². The fourth-order valence-corrected chi connectivity index (χ4v) is 4.39. The van der Waals surface area contributed by atoms with E-state index in [1.54, 1.807) is 0 Å². The molecular weight excluding hydrogens is 286 g/mol. The van der Waals surface area contributed by atoms with Gasteiger partial charge in [0.15, 0.2) is 0 Å². The Balaban J connectivity index is 1.67. The van der Waals surface area contributed by atoms with Gasteiger partial charge in [-0.2, -0.15) is 0 Å². The largest absolute Gasteiger partial charge is 0.493 e. The fraction of sp³-hybridized carbons (Fsp3) is 0.526. The first-order valence-electron chi connectivity index (χ1n) is 8.68. The Labute approximate surface area is 137 Å². The fourth-order valence-electron chi connectivity index (χ4n) is 4.39. The molecule has 23 heavy (non-hydrogen) atoms. The minimum Gasteiger partial charge on any atom is -0.493 e. The molecule has 1 aromatic heterocycles. The van der Waals surface area contributed by atoms with E-state index in [2.05, 4.69) is 34.9 Å². The van der Waals surface area contributed by atoms with Crippen molar-refractivity contribution >= 4 is 16.5 Å². The van der Waals surface area contributed by atoms with E-state index in [1.165, 1.54) is 42.3 Å². The van der Waals surface area contributed by atoms with E-state index in [9.17, 15) is 5.11 Å². The van der Waals surface area contributed by atoms with Crippen LogP contribution in [0.15, 0.2) is 24.4 Å². The topological polar surface area (TPSA) is 39.6 Å². The summed E-state index contributed by atoms with van der Waals surface area (Å²) in [4.78, 5) is 9.10. The maximum Gasteiger partial charge on any atom is 0.218 e. The lowest BCUT2D eigenvalue weighted by atomic mass is 9.87. The van der Waals surface area contributed by atoms with E-state index in [4.69, 9.17) is 0 Å². The third-order valence-electron chi connectivity index (χ3n) is 5.72. The Kier molecular flexibility index (Phi) is 3.64. The average Bonchev–Trinajstić information content (AvgIpc) is 2.58. The number of aromatic nitrogens is 1. The van der Waals surface area contributed by atoms with Gasteiger partial charge in [0.2, 0.25) is 5.88 Å². The third kappa shape index (κ3) is 2.45. The highest BCUT2D eigenvalue weighted by Crippen LogP contribution is 2.40. The maximum atomic E-state index is 10.1. The molecule has 0 atom stereocenters. The summed E-state index contributed by atoms with van der Waals surface area (Å²) in [5, 5.41) is 12.2. The zero-order valence-electron chi connectivity index (χ0n) is 14.0. The van der Waals surface area contributed by atoms with E-state index >= 15 is 0 Å². The number of benzene rings is 1. The van der Waals surface area contributed by atoms with Crippen molar-refractivity contribution in [2.24, 2.45) is 0 Å². The first kappa shape index (κ1) is 14.8. The molecule has 1 aliphatic heterocycles. The number of aromatic hydroxyl groups is 1. The van der Waals surface area contributed by atoms with Gasteiger partial charge >= 0.3 is 0 Å². The molecule has 2 heterocycles. The molecule has 2 aromatic rings. The molecule has 2 aliphatic rings. The van der Waals surface area contributed by atoms with E-state index in [0.29, 0.717) is 6.04 Å². The van der Waals surface area contributed by atoms with Crippen molar-refractivity contribution in [2.75, 3.05) is 25.5 Å². The lowest BCUT2D eigenvalue weighted by Crippen LogP contribution is -2.44. The van der Waals surface area contributed by atoms with E-state index in [0.717, 1.165) is 24.4 Å². The highest BCUT2D eigenvalue weighted by atomic mass is 16.3. The summed E-state index contributed by atoms with van der Waals surface area (Å²) in [7, 11) is 4.39. The quantitative estimate of drug-likeness (QED) is 0.925. The SMILES string of the molecule is CN(C)[C@H]1CC[C@H](N2CCc3cnc(O)c4cccc2c34)CC1. The highest BCUT2D eigenvalue weighted by Gasteiger charge is 2.30. The number of anilines is 1. The van der Waals surface area contributed by atoms with Gasteiger partial charge in [-0.25, -0.2) is 4.98 Å². The minimum absolute atomic E-state index is 0.156. The Morgan fingerprint density at radius 3 is 2.70 bits per heavy atom. The van der Waals surface area contributed by atoms with Crippen LogP contribution >= 0.6 is 0 Å². The highest BCUT2D eigenvalue weighted by molar-refractivity contribution is 6.00. The van der Waals surface area contributed by atoms with Gasteiger partial charge < -0.3 is 14.9 Å². The van der Waals surface area contributed by atoms with Gasteiger partial charge in [-0.15, -0.1) is 0 Å². The van der Waals surface area contributed by atoms with Crippen LogP contribution in [0.25, 0.3) is 10.8 Å². The number of rotatable bonds is 2. The molecule has 122 valence electrons. The van der Waals surface area contributed by atoms with E-state index in [-0.39, 0.29) is 5.88 Å². The summed E-state index contributed by atoms with van der Waals surface area (Å²) in [6.07, 6.45) is 7.93. The second-order valence-electron chi connectivity index (χ2n) is 7.18. The molecule has 1 saturated carbocycles. The molecule has 0 radical (unpaired) electrons. The molecule has 1 fully saturated rings. The van der Waals surface area contributed by atoms with Gasteiger partial charge in [0.05, 0.1) is 0 Å². The van der Waals surface area contributed by atoms with Crippen LogP contribution < -0.4 is 4.90 Å². The number of hydrogen-bond donors (Lipinski definition) is 1. The molecule has 0 bridgehead atoms. The number of pyridine rings is 1. The summed E-state index contributed by atoms with van der Waals surface area (Å²) >= 11 is 0. The Bertz CT molecular complexity index is 720. The maximum absolute atomic E-state index is 10.1. The van der Waals surface area contributed by atoms with Crippen LogP contribution in [0.5, 0.6) is 5.88 Å². The van der Waals surface area contributed by atoms with Crippen molar-refractivity contribution in [1.82, 2.24) is 9.88 Å². The molecule has 0 amide bonds. The molecule has 4 rings (SSSR count). The Morgan fingerprint density at radius 2 is 1.96 bits per heavy atom. The van der Waals surface area contributed by atoms with Crippen LogP contribution in [0.1, 0.15) is 31.2 Å². The predicted octanol–water partition coefficient (Wildman–Crippen LogP) is 3.18. The van der Waals surface area contributed by atoms with Crippen LogP contribution in [-0.4, -0.2) is 47.7 Å². The van der Waals surface area contributed by atoms with Gasteiger partial charge in [0.25, 0.3) is 0 Å². The molecule has 1 aromatic carbocycles. The molecule has 0 spiro atoms. The van der Waals surface area contributed by atoms with Crippen LogP contribution in [0, 0.1) is 0 Å². The monoisotopic (exact) mass is 311 g/mol. The summed E-state index contributed by atoms with van der Waals surface area (Å²) in [6.45, 7) is 1.07. The van der Waals surface area contributed by atoms with Crippen molar-refractivity contribution in [1.29, 1.82) is 0 Å². The smallest absolute Gasteiger partial charge is 0.218 e. The van der Waals surface area contributed by atoms with Gasteiger partial charge in [-0.1, -0.05) is 6.07 Å². The molecule has 4 nitrogen and oxygen atoms in total. The standard InChI is InChI=1S/C19H25N3O/c1-21(2)14-6-8-15(9-7-14)22-11-10-13-12-20-19(23)16-4-3-5-17(22)18(13)16/h3-5,12,14-15H,6-11H2,1-2H3,(H,20,23)/t14-,15-. The summed E-state index contributed by atoms with van der Waals surface area (Å²) in [6, 6.07) is 7.60. The molecule has 1 aliphatic carbocycles.